The SMILES string of the molecule is CNC(C)C(=O)CC(C(=O)N1CCCC1Cn1c(C)c(C(C)=O)c2cc(C)ccc21)C1CCCCC1. The Morgan fingerprint density at radius 1 is 1.06 bits per heavy atom. The van der Waals surface area contributed by atoms with E-state index in [4.69, 9.17) is 0 Å². The van der Waals surface area contributed by atoms with Crippen LogP contribution in [0.5, 0.6) is 0 Å². The van der Waals surface area contributed by atoms with Crippen LogP contribution in [0.4, 0.5) is 0 Å². The summed E-state index contributed by atoms with van der Waals surface area (Å²) >= 11 is 0. The molecular weight excluding hydrogens is 450 g/mol. The zero-order chi connectivity index (χ0) is 26.0. The van der Waals surface area contributed by atoms with Crippen molar-refractivity contribution in [2.75, 3.05) is 13.6 Å². The molecule has 1 aliphatic carbocycles. The van der Waals surface area contributed by atoms with Crippen LogP contribution in [-0.2, 0) is 16.1 Å². The summed E-state index contributed by atoms with van der Waals surface area (Å²) in [5.41, 5.74) is 3.96. The van der Waals surface area contributed by atoms with Gasteiger partial charge in [-0.3, -0.25) is 14.4 Å². The number of amides is 1. The Morgan fingerprint density at radius 3 is 2.44 bits per heavy atom. The van der Waals surface area contributed by atoms with Crippen molar-refractivity contribution in [1.29, 1.82) is 0 Å². The highest BCUT2D eigenvalue weighted by Gasteiger charge is 2.39. The molecule has 2 aromatic rings. The molecule has 0 radical (unpaired) electrons. The van der Waals surface area contributed by atoms with Gasteiger partial charge in [-0.2, -0.15) is 0 Å². The molecule has 3 atom stereocenters. The van der Waals surface area contributed by atoms with Crippen molar-refractivity contribution in [1.82, 2.24) is 14.8 Å². The fourth-order valence-electron chi connectivity index (χ4n) is 6.56. The van der Waals surface area contributed by atoms with Crippen molar-refractivity contribution in [3.05, 3.63) is 35.0 Å². The Balaban J connectivity index is 1.62. The summed E-state index contributed by atoms with van der Waals surface area (Å²) in [4.78, 5) is 41.6. The topological polar surface area (TPSA) is 71.4 Å². The van der Waals surface area contributed by atoms with E-state index in [1.807, 2.05) is 13.8 Å². The Hall–Kier alpha value is -2.47. The van der Waals surface area contributed by atoms with Crippen molar-refractivity contribution >= 4 is 28.4 Å². The number of nitrogens with one attached hydrogen (secondary N) is 1. The molecule has 2 aliphatic rings. The third-order valence-electron chi connectivity index (χ3n) is 8.76. The number of fused-ring (bicyclic) bond motifs is 1. The zero-order valence-corrected chi connectivity index (χ0v) is 22.7. The van der Waals surface area contributed by atoms with Crippen molar-refractivity contribution < 1.29 is 14.4 Å². The number of carbonyl (C=O) groups is 3. The fraction of sp³-hybridized carbons (Fsp3) is 0.633. The standard InChI is InChI=1S/C30H43N3O3/c1-19-13-14-27-26(16-19)29(22(4)34)21(3)33(27)18-24-12-9-15-32(24)30(36)25(17-28(35)20(2)31-5)23-10-7-6-8-11-23/h13-14,16,20,23-25,31H,6-12,15,17-18H2,1-5H3. The quantitative estimate of drug-likeness (QED) is 0.487. The van der Waals surface area contributed by atoms with E-state index in [9.17, 15) is 14.4 Å². The number of carbonyl (C=O) groups excluding carboxylic acids is 3. The van der Waals surface area contributed by atoms with E-state index in [1.165, 1.54) is 6.42 Å². The Labute approximate surface area is 215 Å². The number of hydrogen-bond acceptors (Lipinski definition) is 4. The molecule has 0 bridgehead atoms. The van der Waals surface area contributed by atoms with Crippen LogP contribution in [-0.4, -0.2) is 52.6 Å². The molecule has 1 N–H and O–H groups in total. The molecule has 1 saturated carbocycles. The minimum Gasteiger partial charge on any atom is -0.342 e. The number of likely N-dealkylation sites (tertiary alicyclic amines) is 1. The number of aryl methyl sites for hydroxylation is 1. The van der Waals surface area contributed by atoms with Gasteiger partial charge < -0.3 is 14.8 Å². The molecule has 1 amide bonds. The third-order valence-corrected chi connectivity index (χ3v) is 8.76. The first-order valence-electron chi connectivity index (χ1n) is 13.8. The van der Waals surface area contributed by atoms with Gasteiger partial charge in [-0.15, -0.1) is 0 Å². The molecule has 1 saturated heterocycles. The average molecular weight is 494 g/mol. The second-order valence-corrected chi connectivity index (χ2v) is 11.2. The number of aromatic nitrogens is 1. The molecule has 1 aromatic heterocycles. The lowest BCUT2D eigenvalue weighted by Gasteiger charge is -2.35. The van der Waals surface area contributed by atoms with E-state index >= 15 is 0 Å². The molecular formula is C30H43N3O3. The van der Waals surface area contributed by atoms with Crippen LogP contribution in [0.25, 0.3) is 10.9 Å². The number of ketones is 2. The van der Waals surface area contributed by atoms with E-state index in [2.05, 4.69) is 39.9 Å². The highest BCUT2D eigenvalue weighted by molar-refractivity contribution is 6.08. The highest BCUT2D eigenvalue weighted by Crippen LogP contribution is 2.36. The average Bonchev–Trinajstić information content (AvgIpc) is 3.44. The molecule has 2 heterocycles. The monoisotopic (exact) mass is 493 g/mol. The Morgan fingerprint density at radius 2 is 1.78 bits per heavy atom. The van der Waals surface area contributed by atoms with Gasteiger partial charge in [0.25, 0.3) is 0 Å². The van der Waals surface area contributed by atoms with Crippen LogP contribution in [0, 0.1) is 25.7 Å². The molecule has 1 aliphatic heterocycles. The normalized spacial score (nSPS) is 20.6. The number of benzene rings is 1. The van der Waals surface area contributed by atoms with Gasteiger partial charge in [0.1, 0.15) is 5.78 Å². The van der Waals surface area contributed by atoms with Crippen molar-refractivity contribution in [2.45, 2.75) is 97.7 Å². The van der Waals surface area contributed by atoms with Gasteiger partial charge in [0.05, 0.1) is 6.04 Å². The summed E-state index contributed by atoms with van der Waals surface area (Å²) in [6.45, 7) is 9.03. The van der Waals surface area contributed by atoms with Gasteiger partial charge in [-0.25, -0.2) is 0 Å². The van der Waals surface area contributed by atoms with E-state index in [1.54, 1.807) is 14.0 Å². The molecule has 6 heteroatoms. The Bertz CT molecular complexity index is 1130. The number of Topliss-reactive ketones (excluding diaryl/α,β-unsaturated/α-hetero) is 2. The summed E-state index contributed by atoms with van der Waals surface area (Å²) in [7, 11) is 1.80. The molecule has 0 spiro atoms. The summed E-state index contributed by atoms with van der Waals surface area (Å²) in [5, 5.41) is 4.06. The summed E-state index contributed by atoms with van der Waals surface area (Å²) in [5.74, 6) is 0.438. The highest BCUT2D eigenvalue weighted by atomic mass is 16.2. The van der Waals surface area contributed by atoms with E-state index < -0.39 is 0 Å². The predicted octanol–water partition coefficient (Wildman–Crippen LogP) is 5.22. The minimum atomic E-state index is -0.236. The van der Waals surface area contributed by atoms with Crippen molar-refractivity contribution in [3.63, 3.8) is 0 Å². The molecule has 36 heavy (non-hydrogen) atoms. The number of likely N-dealkylation sites (N-methyl/N-ethyl adjacent to an activating group) is 1. The second-order valence-electron chi connectivity index (χ2n) is 11.2. The van der Waals surface area contributed by atoms with E-state index in [-0.39, 0.29) is 35.5 Å². The van der Waals surface area contributed by atoms with Crippen LogP contribution in [0.3, 0.4) is 0 Å². The van der Waals surface area contributed by atoms with Gasteiger partial charge >= 0.3 is 0 Å². The number of rotatable bonds is 9. The van der Waals surface area contributed by atoms with Crippen LogP contribution in [0.2, 0.25) is 0 Å². The Kier molecular flexibility index (Phi) is 8.34. The third kappa shape index (κ3) is 5.29. The summed E-state index contributed by atoms with van der Waals surface area (Å²) < 4.78 is 2.24. The lowest BCUT2D eigenvalue weighted by Crippen LogP contribution is -2.45. The molecule has 3 unspecified atom stereocenters. The molecule has 2 fully saturated rings. The van der Waals surface area contributed by atoms with Crippen LogP contribution >= 0.6 is 0 Å². The molecule has 4 rings (SSSR count). The maximum atomic E-state index is 14.1. The zero-order valence-electron chi connectivity index (χ0n) is 22.7. The fourth-order valence-corrected chi connectivity index (χ4v) is 6.56. The first-order valence-corrected chi connectivity index (χ1v) is 13.8. The van der Waals surface area contributed by atoms with Crippen LogP contribution < -0.4 is 5.32 Å². The number of nitrogens with zero attached hydrogens (tertiary/aromatic N) is 2. The lowest BCUT2D eigenvalue weighted by molar-refractivity contribution is -0.141. The van der Waals surface area contributed by atoms with Gasteiger partial charge in [0, 0.05) is 53.6 Å². The maximum absolute atomic E-state index is 14.1. The smallest absolute Gasteiger partial charge is 0.226 e. The summed E-state index contributed by atoms with van der Waals surface area (Å²) in [6, 6.07) is 6.14. The predicted molar refractivity (Wildman–Crippen MR) is 144 cm³/mol. The first-order chi connectivity index (χ1) is 17.2. The summed E-state index contributed by atoms with van der Waals surface area (Å²) in [6.07, 6.45) is 7.86. The molecule has 196 valence electrons. The van der Waals surface area contributed by atoms with Gasteiger partial charge in [0.2, 0.25) is 5.91 Å². The van der Waals surface area contributed by atoms with Crippen molar-refractivity contribution in [3.8, 4) is 0 Å². The number of hydrogen-bond donors (Lipinski definition) is 1. The first kappa shape index (κ1) is 26.6. The lowest BCUT2D eigenvalue weighted by atomic mass is 9.76. The molecule has 6 nitrogen and oxygen atoms in total. The molecule has 1 aromatic carbocycles. The van der Waals surface area contributed by atoms with E-state index in [0.717, 1.165) is 72.8 Å². The maximum Gasteiger partial charge on any atom is 0.226 e. The van der Waals surface area contributed by atoms with Gasteiger partial charge in [-0.1, -0.05) is 30.9 Å². The van der Waals surface area contributed by atoms with Gasteiger partial charge in [-0.05, 0) is 78.5 Å². The van der Waals surface area contributed by atoms with Crippen molar-refractivity contribution in [2.24, 2.45) is 11.8 Å². The second kappa shape index (κ2) is 11.3. The largest absolute Gasteiger partial charge is 0.342 e. The van der Waals surface area contributed by atoms with Gasteiger partial charge in [0.15, 0.2) is 5.78 Å². The minimum absolute atomic E-state index is 0.0794. The van der Waals surface area contributed by atoms with Crippen LogP contribution in [0.1, 0.15) is 86.8 Å². The van der Waals surface area contributed by atoms with E-state index in [0.29, 0.717) is 18.9 Å². The van der Waals surface area contributed by atoms with Crippen LogP contribution in [0.15, 0.2) is 18.2 Å².